The minimum absolute atomic E-state index is 0.520. The van der Waals surface area contributed by atoms with Crippen molar-refractivity contribution in [3.05, 3.63) is 40.6 Å². The van der Waals surface area contributed by atoms with Gasteiger partial charge in [-0.05, 0) is 37.5 Å². The van der Waals surface area contributed by atoms with Crippen molar-refractivity contribution in [3.8, 4) is 0 Å². The number of nitrogens with zero attached hydrogens (tertiary/aromatic N) is 3. The zero-order chi connectivity index (χ0) is 14.7. The lowest BCUT2D eigenvalue weighted by molar-refractivity contribution is 0.573. The molecule has 1 fully saturated rings. The van der Waals surface area contributed by atoms with Gasteiger partial charge in [-0.1, -0.05) is 23.2 Å². The summed E-state index contributed by atoms with van der Waals surface area (Å²) in [6.45, 7) is 2.12. The second kappa shape index (κ2) is 6.50. The Morgan fingerprint density at radius 3 is 2.52 bits per heavy atom. The molecule has 0 radical (unpaired) electrons. The molecule has 21 heavy (non-hydrogen) atoms. The molecule has 0 atom stereocenters. The van der Waals surface area contributed by atoms with E-state index in [1.807, 2.05) is 12.1 Å². The van der Waals surface area contributed by atoms with Gasteiger partial charge in [0.25, 0.3) is 0 Å². The Bertz CT molecular complexity index is 627. The molecule has 1 N–H and O–H groups in total. The predicted molar refractivity (Wildman–Crippen MR) is 87.8 cm³/mol. The van der Waals surface area contributed by atoms with Crippen LogP contribution in [-0.2, 0) is 0 Å². The third-order valence-corrected chi connectivity index (χ3v) is 4.26. The Labute approximate surface area is 134 Å². The minimum Gasteiger partial charge on any atom is -0.356 e. The van der Waals surface area contributed by atoms with E-state index in [9.17, 15) is 0 Å². The van der Waals surface area contributed by atoms with Gasteiger partial charge in [-0.2, -0.15) is 0 Å². The summed E-state index contributed by atoms with van der Waals surface area (Å²) in [6, 6.07) is 7.39. The molecule has 0 spiro atoms. The first-order valence-electron chi connectivity index (χ1n) is 7.01. The number of anilines is 3. The Morgan fingerprint density at radius 2 is 1.76 bits per heavy atom. The van der Waals surface area contributed by atoms with Crippen molar-refractivity contribution in [1.29, 1.82) is 0 Å². The van der Waals surface area contributed by atoms with Crippen molar-refractivity contribution in [3.63, 3.8) is 0 Å². The summed E-state index contributed by atoms with van der Waals surface area (Å²) in [6.07, 6.45) is 5.33. The van der Waals surface area contributed by atoms with Gasteiger partial charge in [0.15, 0.2) is 0 Å². The molecule has 0 saturated carbocycles. The van der Waals surface area contributed by atoms with Gasteiger partial charge in [-0.3, -0.25) is 0 Å². The first-order chi connectivity index (χ1) is 10.2. The van der Waals surface area contributed by atoms with E-state index in [1.54, 1.807) is 18.5 Å². The third-order valence-electron chi connectivity index (χ3n) is 3.52. The second-order valence-electron chi connectivity index (χ2n) is 5.06. The maximum Gasteiger partial charge on any atom is 0.135 e. The highest BCUT2D eigenvalue weighted by molar-refractivity contribution is 6.42. The lowest BCUT2D eigenvalue weighted by Gasteiger charge is -2.27. The molecule has 110 valence electrons. The van der Waals surface area contributed by atoms with Crippen molar-refractivity contribution < 1.29 is 0 Å². The fourth-order valence-electron chi connectivity index (χ4n) is 2.43. The molecule has 6 heteroatoms. The zero-order valence-corrected chi connectivity index (χ0v) is 13.0. The number of halogens is 2. The van der Waals surface area contributed by atoms with Crippen LogP contribution in [0.5, 0.6) is 0 Å². The molecule has 1 aliphatic rings. The van der Waals surface area contributed by atoms with E-state index in [4.69, 9.17) is 23.2 Å². The summed E-state index contributed by atoms with van der Waals surface area (Å²) in [7, 11) is 0. The molecule has 0 unspecified atom stereocenters. The topological polar surface area (TPSA) is 41.0 Å². The maximum absolute atomic E-state index is 6.02. The average Bonchev–Trinajstić information content (AvgIpc) is 2.52. The van der Waals surface area contributed by atoms with Crippen LogP contribution >= 0.6 is 23.2 Å². The van der Waals surface area contributed by atoms with Crippen LogP contribution in [0.3, 0.4) is 0 Å². The van der Waals surface area contributed by atoms with Gasteiger partial charge >= 0.3 is 0 Å². The molecule has 1 aliphatic heterocycles. The number of hydrogen-bond acceptors (Lipinski definition) is 4. The summed E-state index contributed by atoms with van der Waals surface area (Å²) < 4.78 is 0. The number of nitrogens with one attached hydrogen (secondary N) is 1. The fraction of sp³-hybridized carbons (Fsp3) is 0.333. The van der Waals surface area contributed by atoms with Gasteiger partial charge in [-0.25, -0.2) is 9.97 Å². The van der Waals surface area contributed by atoms with Gasteiger partial charge in [0.05, 0.1) is 10.0 Å². The fourth-order valence-corrected chi connectivity index (χ4v) is 2.73. The van der Waals surface area contributed by atoms with Crippen LogP contribution in [0, 0.1) is 0 Å². The zero-order valence-electron chi connectivity index (χ0n) is 11.5. The van der Waals surface area contributed by atoms with Crippen LogP contribution in [-0.4, -0.2) is 23.1 Å². The van der Waals surface area contributed by atoms with E-state index >= 15 is 0 Å². The average molecular weight is 323 g/mol. The van der Waals surface area contributed by atoms with E-state index in [0.717, 1.165) is 30.4 Å². The minimum atomic E-state index is 0.520. The molecule has 2 aromatic rings. The molecule has 1 aromatic heterocycles. The van der Waals surface area contributed by atoms with Crippen molar-refractivity contribution in [2.24, 2.45) is 0 Å². The van der Waals surface area contributed by atoms with Crippen molar-refractivity contribution >= 4 is 40.5 Å². The molecule has 2 heterocycles. The molecular formula is C15H16Cl2N4. The van der Waals surface area contributed by atoms with E-state index in [-0.39, 0.29) is 0 Å². The lowest BCUT2D eigenvalue weighted by Crippen LogP contribution is -2.30. The second-order valence-corrected chi connectivity index (χ2v) is 5.88. The number of piperidine rings is 1. The van der Waals surface area contributed by atoms with Crippen LogP contribution in [0.2, 0.25) is 10.0 Å². The molecule has 0 aliphatic carbocycles. The highest BCUT2D eigenvalue weighted by Gasteiger charge is 2.12. The van der Waals surface area contributed by atoms with E-state index < -0.39 is 0 Å². The predicted octanol–water partition coefficient (Wildman–Crippen LogP) is 4.52. The van der Waals surface area contributed by atoms with Crippen LogP contribution < -0.4 is 10.2 Å². The summed E-state index contributed by atoms with van der Waals surface area (Å²) in [4.78, 5) is 10.9. The summed E-state index contributed by atoms with van der Waals surface area (Å²) in [5.41, 5.74) is 0.854. The van der Waals surface area contributed by atoms with Crippen LogP contribution in [0.15, 0.2) is 30.6 Å². The smallest absolute Gasteiger partial charge is 0.135 e. The summed E-state index contributed by atoms with van der Waals surface area (Å²) in [5, 5.41) is 4.29. The van der Waals surface area contributed by atoms with Gasteiger partial charge in [-0.15, -0.1) is 0 Å². The molecule has 0 bridgehead atoms. The third kappa shape index (κ3) is 3.57. The Kier molecular flexibility index (Phi) is 4.46. The van der Waals surface area contributed by atoms with Gasteiger partial charge in [0.1, 0.15) is 18.0 Å². The Morgan fingerprint density at radius 1 is 0.952 bits per heavy atom. The van der Waals surface area contributed by atoms with Gasteiger partial charge in [0, 0.05) is 24.8 Å². The molecule has 1 aromatic carbocycles. The molecule has 0 amide bonds. The SMILES string of the molecule is Clc1ccc(Nc2cc(N3CCCCC3)ncn2)cc1Cl. The summed E-state index contributed by atoms with van der Waals surface area (Å²) in [5.74, 6) is 1.72. The quantitative estimate of drug-likeness (QED) is 0.902. The van der Waals surface area contributed by atoms with E-state index in [0.29, 0.717) is 10.0 Å². The van der Waals surface area contributed by atoms with Crippen LogP contribution in [0.25, 0.3) is 0 Å². The Balaban J connectivity index is 1.77. The normalized spacial score (nSPS) is 15.0. The van der Waals surface area contributed by atoms with E-state index in [2.05, 4.69) is 20.2 Å². The first kappa shape index (κ1) is 14.4. The molecule has 4 nitrogen and oxygen atoms in total. The van der Waals surface area contributed by atoms with Crippen LogP contribution in [0.1, 0.15) is 19.3 Å². The molecule has 1 saturated heterocycles. The number of rotatable bonds is 3. The van der Waals surface area contributed by atoms with Crippen molar-refractivity contribution in [2.45, 2.75) is 19.3 Å². The van der Waals surface area contributed by atoms with Gasteiger partial charge in [0.2, 0.25) is 0 Å². The molecule has 3 rings (SSSR count). The van der Waals surface area contributed by atoms with Crippen molar-refractivity contribution in [1.82, 2.24) is 9.97 Å². The number of aromatic nitrogens is 2. The summed E-state index contributed by atoms with van der Waals surface area (Å²) >= 11 is 11.9. The highest BCUT2D eigenvalue weighted by Crippen LogP contribution is 2.27. The van der Waals surface area contributed by atoms with Gasteiger partial charge < -0.3 is 10.2 Å². The number of hydrogen-bond donors (Lipinski definition) is 1. The highest BCUT2D eigenvalue weighted by atomic mass is 35.5. The van der Waals surface area contributed by atoms with E-state index in [1.165, 1.54) is 19.3 Å². The lowest BCUT2D eigenvalue weighted by atomic mass is 10.1. The Hall–Kier alpha value is -1.52. The first-order valence-corrected chi connectivity index (χ1v) is 7.77. The molecular weight excluding hydrogens is 307 g/mol. The standard InChI is InChI=1S/C15H16Cl2N4/c16-12-5-4-11(8-13(12)17)20-14-9-15(19-10-18-14)21-6-2-1-3-7-21/h4-5,8-10H,1-3,6-7H2,(H,18,19,20). The largest absolute Gasteiger partial charge is 0.356 e. The maximum atomic E-state index is 6.02. The van der Waals surface area contributed by atoms with Crippen LogP contribution in [0.4, 0.5) is 17.3 Å². The monoisotopic (exact) mass is 322 g/mol. The van der Waals surface area contributed by atoms with Crippen molar-refractivity contribution in [2.75, 3.05) is 23.3 Å². The number of benzene rings is 1.